The largest absolute Gasteiger partial charge is 0.454 e. The highest BCUT2D eigenvalue weighted by atomic mass is 35.5. The number of benzene rings is 2. The van der Waals surface area contributed by atoms with Gasteiger partial charge in [0.15, 0.2) is 0 Å². The van der Waals surface area contributed by atoms with Crippen LogP contribution in [0.2, 0.25) is 15.1 Å². The Kier molecular flexibility index (Phi) is 4.94. The Hall–Kier alpha value is -0.930. The van der Waals surface area contributed by atoms with Gasteiger partial charge in [-0.2, -0.15) is 0 Å². The van der Waals surface area contributed by atoms with Crippen molar-refractivity contribution in [1.29, 1.82) is 0 Å². The van der Waals surface area contributed by atoms with Gasteiger partial charge in [0, 0.05) is 11.6 Å². The minimum atomic E-state index is 0.447. The van der Waals surface area contributed by atoms with Crippen LogP contribution in [-0.4, -0.2) is 7.05 Å². The zero-order valence-electron chi connectivity index (χ0n) is 10.2. The smallest absolute Gasteiger partial charge is 0.146 e. The second kappa shape index (κ2) is 6.49. The van der Waals surface area contributed by atoms with E-state index in [0.717, 1.165) is 12.1 Å². The first kappa shape index (κ1) is 14.5. The molecular formula is C14H12Cl3NO. The summed E-state index contributed by atoms with van der Waals surface area (Å²) in [6.07, 6.45) is 0. The van der Waals surface area contributed by atoms with Crippen molar-refractivity contribution in [3.8, 4) is 11.5 Å². The predicted molar refractivity (Wildman–Crippen MR) is 80.8 cm³/mol. The van der Waals surface area contributed by atoms with Crippen LogP contribution in [0.1, 0.15) is 5.56 Å². The average Bonchev–Trinajstić information content (AvgIpc) is 2.36. The number of halogens is 3. The Bertz CT molecular complexity index is 587. The molecule has 0 aliphatic carbocycles. The van der Waals surface area contributed by atoms with Crippen LogP contribution in [0.4, 0.5) is 0 Å². The molecule has 100 valence electrons. The monoisotopic (exact) mass is 315 g/mol. The van der Waals surface area contributed by atoms with Crippen molar-refractivity contribution < 1.29 is 4.74 Å². The maximum Gasteiger partial charge on any atom is 0.146 e. The van der Waals surface area contributed by atoms with Gasteiger partial charge in [-0.1, -0.05) is 40.9 Å². The van der Waals surface area contributed by atoms with E-state index < -0.39 is 0 Å². The molecule has 2 aromatic rings. The van der Waals surface area contributed by atoms with E-state index in [9.17, 15) is 0 Å². The van der Waals surface area contributed by atoms with Crippen molar-refractivity contribution in [2.45, 2.75) is 6.54 Å². The van der Waals surface area contributed by atoms with E-state index in [-0.39, 0.29) is 0 Å². The Morgan fingerprint density at radius 1 is 0.947 bits per heavy atom. The van der Waals surface area contributed by atoms with E-state index in [1.165, 1.54) is 0 Å². The molecular weight excluding hydrogens is 305 g/mol. The first-order chi connectivity index (χ1) is 9.10. The highest BCUT2D eigenvalue weighted by Gasteiger charge is 2.08. The van der Waals surface area contributed by atoms with Crippen LogP contribution in [0.5, 0.6) is 11.5 Å². The predicted octanol–water partition coefficient (Wildman–Crippen LogP) is 5.16. The standard InChI is InChI=1S/C14H12Cl3NO/c1-18-8-9-2-4-13(11(16)6-9)19-14-5-3-10(15)7-12(14)17/h2-7,18H,8H2,1H3. The molecule has 0 aromatic heterocycles. The van der Waals surface area contributed by atoms with Crippen LogP contribution in [-0.2, 0) is 6.54 Å². The minimum absolute atomic E-state index is 0.447. The summed E-state index contributed by atoms with van der Waals surface area (Å²) in [5.41, 5.74) is 1.09. The zero-order chi connectivity index (χ0) is 13.8. The van der Waals surface area contributed by atoms with Gasteiger partial charge in [-0.25, -0.2) is 0 Å². The summed E-state index contributed by atoms with van der Waals surface area (Å²) >= 11 is 18.1. The van der Waals surface area contributed by atoms with Crippen LogP contribution in [0.25, 0.3) is 0 Å². The van der Waals surface area contributed by atoms with Crippen LogP contribution < -0.4 is 10.1 Å². The first-order valence-electron chi connectivity index (χ1n) is 5.66. The van der Waals surface area contributed by atoms with E-state index in [2.05, 4.69) is 5.32 Å². The van der Waals surface area contributed by atoms with E-state index >= 15 is 0 Å². The van der Waals surface area contributed by atoms with Gasteiger partial charge in [-0.3, -0.25) is 0 Å². The van der Waals surface area contributed by atoms with Gasteiger partial charge in [0.2, 0.25) is 0 Å². The van der Waals surface area contributed by atoms with Crippen LogP contribution >= 0.6 is 34.8 Å². The van der Waals surface area contributed by atoms with Crippen molar-refractivity contribution in [2.75, 3.05) is 7.05 Å². The summed E-state index contributed by atoms with van der Waals surface area (Å²) in [6, 6.07) is 10.7. The number of rotatable bonds is 4. The van der Waals surface area contributed by atoms with Gasteiger partial charge in [-0.15, -0.1) is 0 Å². The molecule has 0 spiro atoms. The molecule has 0 aliphatic rings. The molecule has 0 bridgehead atoms. The minimum Gasteiger partial charge on any atom is -0.454 e. The lowest BCUT2D eigenvalue weighted by Crippen LogP contribution is -2.04. The van der Waals surface area contributed by atoms with Gasteiger partial charge in [0.25, 0.3) is 0 Å². The molecule has 0 saturated heterocycles. The fourth-order valence-electron chi connectivity index (χ4n) is 1.62. The summed E-state index contributed by atoms with van der Waals surface area (Å²) in [4.78, 5) is 0. The number of ether oxygens (including phenoxy) is 1. The normalized spacial score (nSPS) is 10.5. The van der Waals surface area contributed by atoms with Crippen molar-refractivity contribution in [2.24, 2.45) is 0 Å². The molecule has 0 atom stereocenters. The molecule has 2 aromatic carbocycles. The second-order valence-corrected chi connectivity index (χ2v) is 5.22. The van der Waals surface area contributed by atoms with E-state index in [0.29, 0.717) is 26.6 Å². The van der Waals surface area contributed by atoms with Crippen LogP contribution in [0.15, 0.2) is 36.4 Å². The number of nitrogens with one attached hydrogen (secondary N) is 1. The maximum atomic E-state index is 6.18. The van der Waals surface area contributed by atoms with Crippen molar-refractivity contribution >= 4 is 34.8 Å². The molecule has 0 unspecified atom stereocenters. The van der Waals surface area contributed by atoms with Gasteiger partial charge in [-0.05, 0) is 42.9 Å². The lowest BCUT2D eigenvalue weighted by molar-refractivity contribution is 0.483. The van der Waals surface area contributed by atoms with E-state index in [4.69, 9.17) is 39.5 Å². The summed E-state index contributed by atoms with van der Waals surface area (Å²) in [6.45, 7) is 0.752. The highest BCUT2D eigenvalue weighted by molar-refractivity contribution is 6.35. The van der Waals surface area contributed by atoms with E-state index in [1.807, 2.05) is 25.2 Å². The molecule has 19 heavy (non-hydrogen) atoms. The molecule has 5 heteroatoms. The SMILES string of the molecule is CNCc1ccc(Oc2ccc(Cl)cc2Cl)c(Cl)c1. The average molecular weight is 317 g/mol. The fraction of sp³-hybridized carbons (Fsp3) is 0.143. The van der Waals surface area contributed by atoms with Gasteiger partial charge in [0.05, 0.1) is 10.0 Å². The summed E-state index contributed by atoms with van der Waals surface area (Å²) in [5, 5.41) is 4.61. The zero-order valence-corrected chi connectivity index (χ0v) is 12.5. The third-order valence-corrected chi connectivity index (χ3v) is 3.32. The number of hydrogen-bond donors (Lipinski definition) is 1. The van der Waals surface area contributed by atoms with Gasteiger partial charge in [0.1, 0.15) is 11.5 Å². The van der Waals surface area contributed by atoms with Crippen molar-refractivity contribution in [3.05, 3.63) is 57.0 Å². The lowest BCUT2D eigenvalue weighted by Gasteiger charge is -2.10. The Morgan fingerprint density at radius 2 is 1.58 bits per heavy atom. The van der Waals surface area contributed by atoms with Crippen molar-refractivity contribution in [1.82, 2.24) is 5.32 Å². The maximum absolute atomic E-state index is 6.18. The quantitative estimate of drug-likeness (QED) is 0.841. The molecule has 2 nitrogen and oxygen atoms in total. The third-order valence-electron chi connectivity index (χ3n) is 2.49. The highest BCUT2D eigenvalue weighted by Crippen LogP contribution is 2.35. The second-order valence-electron chi connectivity index (χ2n) is 3.97. The molecule has 0 fully saturated rings. The Morgan fingerprint density at radius 3 is 2.16 bits per heavy atom. The topological polar surface area (TPSA) is 21.3 Å². The summed E-state index contributed by atoms with van der Waals surface area (Å²) < 4.78 is 5.69. The molecule has 0 aliphatic heterocycles. The first-order valence-corrected chi connectivity index (χ1v) is 6.79. The number of hydrogen-bond acceptors (Lipinski definition) is 2. The van der Waals surface area contributed by atoms with Crippen LogP contribution in [0, 0.1) is 0 Å². The molecule has 2 rings (SSSR count). The van der Waals surface area contributed by atoms with E-state index in [1.54, 1.807) is 18.2 Å². The molecule has 0 saturated carbocycles. The molecule has 0 amide bonds. The Labute approximate surface area is 127 Å². The summed E-state index contributed by atoms with van der Waals surface area (Å²) in [7, 11) is 1.88. The van der Waals surface area contributed by atoms with Crippen molar-refractivity contribution in [3.63, 3.8) is 0 Å². The fourth-order valence-corrected chi connectivity index (χ4v) is 2.31. The van der Waals surface area contributed by atoms with Gasteiger partial charge < -0.3 is 10.1 Å². The lowest BCUT2D eigenvalue weighted by atomic mass is 10.2. The van der Waals surface area contributed by atoms with Crippen LogP contribution in [0.3, 0.4) is 0 Å². The van der Waals surface area contributed by atoms with Gasteiger partial charge >= 0.3 is 0 Å². The molecule has 0 heterocycles. The summed E-state index contributed by atoms with van der Waals surface area (Å²) in [5.74, 6) is 1.08. The Balaban J connectivity index is 2.23. The third kappa shape index (κ3) is 3.77. The molecule has 1 N–H and O–H groups in total. The molecule has 0 radical (unpaired) electrons.